The van der Waals surface area contributed by atoms with Crippen molar-refractivity contribution in [3.63, 3.8) is 0 Å². The van der Waals surface area contributed by atoms with Gasteiger partial charge in [0.05, 0.1) is 6.07 Å². The molecule has 0 rings (SSSR count). The van der Waals surface area contributed by atoms with E-state index >= 15 is 0 Å². The summed E-state index contributed by atoms with van der Waals surface area (Å²) in [5.41, 5.74) is 0. The Kier molecular flexibility index (Phi) is 3.54. The van der Waals surface area contributed by atoms with Gasteiger partial charge in [0.1, 0.15) is 13.0 Å². The van der Waals surface area contributed by atoms with Crippen molar-refractivity contribution in [1.82, 2.24) is 4.90 Å². The molecule has 1 amide bonds. The summed E-state index contributed by atoms with van der Waals surface area (Å²) in [6, 6.07) is 1.48. The normalized spacial score (nSPS) is 10.6. The zero-order valence-electron chi connectivity index (χ0n) is 6.35. The van der Waals surface area contributed by atoms with Gasteiger partial charge in [0.2, 0.25) is 5.91 Å². The summed E-state index contributed by atoms with van der Waals surface area (Å²) in [5, 5.41) is 8.01. The molecular formula is C6H7F3N2O. The number of hydrogen-bond donors (Lipinski definition) is 0. The van der Waals surface area contributed by atoms with E-state index in [1.54, 1.807) is 0 Å². The average Bonchev–Trinajstić information content (AvgIpc) is 1.84. The molecule has 0 bridgehead atoms. The van der Waals surface area contributed by atoms with Gasteiger partial charge in [-0.2, -0.15) is 18.4 Å². The Morgan fingerprint density at radius 2 is 2.08 bits per heavy atom. The lowest BCUT2D eigenvalue weighted by Crippen LogP contribution is -2.35. The zero-order chi connectivity index (χ0) is 9.78. The molecule has 0 aromatic carbocycles. The van der Waals surface area contributed by atoms with Gasteiger partial charge in [-0.15, -0.1) is 0 Å². The first-order valence-electron chi connectivity index (χ1n) is 3.04. The molecule has 0 fully saturated rings. The van der Waals surface area contributed by atoms with Crippen molar-refractivity contribution in [3.8, 4) is 6.07 Å². The van der Waals surface area contributed by atoms with Crippen LogP contribution in [-0.2, 0) is 4.79 Å². The van der Waals surface area contributed by atoms with E-state index in [0.29, 0.717) is 4.90 Å². The van der Waals surface area contributed by atoms with Gasteiger partial charge in [0.15, 0.2) is 0 Å². The number of rotatable bonds is 2. The van der Waals surface area contributed by atoms with Crippen LogP contribution in [0.1, 0.15) is 6.42 Å². The standard InChI is InChI=1S/C6H7F3N2O/c1-11(4-6(7,8)9)5(12)2-3-10/h2,4H2,1H3. The van der Waals surface area contributed by atoms with E-state index in [1.165, 1.54) is 6.07 Å². The summed E-state index contributed by atoms with van der Waals surface area (Å²) < 4.78 is 34.9. The Hall–Kier alpha value is -1.25. The van der Waals surface area contributed by atoms with Gasteiger partial charge in [-0.05, 0) is 0 Å². The van der Waals surface area contributed by atoms with Crippen LogP contribution >= 0.6 is 0 Å². The molecule has 0 saturated carbocycles. The first-order chi connectivity index (χ1) is 5.37. The highest BCUT2D eigenvalue weighted by Gasteiger charge is 2.30. The molecule has 12 heavy (non-hydrogen) atoms. The molecule has 0 atom stereocenters. The minimum absolute atomic E-state index is 0.475. The summed E-state index contributed by atoms with van der Waals surface area (Å²) in [7, 11) is 1.01. The maximum Gasteiger partial charge on any atom is 0.406 e. The number of halogens is 3. The monoisotopic (exact) mass is 180 g/mol. The van der Waals surface area contributed by atoms with E-state index in [2.05, 4.69) is 0 Å². The lowest BCUT2D eigenvalue weighted by Gasteiger charge is -2.17. The second kappa shape index (κ2) is 3.95. The molecule has 3 nitrogen and oxygen atoms in total. The Balaban J connectivity index is 3.98. The third-order valence-corrected chi connectivity index (χ3v) is 1.07. The lowest BCUT2D eigenvalue weighted by molar-refractivity contribution is -0.157. The van der Waals surface area contributed by atoms with E-state index in [0.717, 1.165) is 7.05 Å². The summed E-state index contributed by atoms with van der Waals surface area (Å²) in [5.74, 6) is -0.824. The third kappa shape index (κ3) is 4.55. The molecule has 0 aliphatic rings. The highest BCUT2D eigenvalue weighted by Crippen LogP contribution is 2.15. The van der Waals surface area contributed by atoms with Crippen molar-refractivity contribution in [2.75, 3.05) is 13.6 Å². The third-order valence-electron chi connectivity index (χ3n) is 1.07. The van der Waals surface area contributed by atoms with Crippen LogP contribution in [0.15, 0.2) is 0 Å². The highest BCUT2D eigenvalue weighted by molar-refractivity contribution is 5.77. The molecule has 0 aromatic rings. The molecule has 0 radical (unpaired) electrons. The number of carbonyl (C=O) groups excluding carboxylic acids is 1. The largest absolute Gasteiger partial charge is 0.406 e. The van der Waals surface area contributed by atoms with Crippen LogP contribution in [0.25, 0.3) is 0 Å². The van der Waals surface area contributed by atoms with Gasteiger partial charge in [0.25, 0.3) is 0 Å². The highest BCUT2D eigenvalue weighted by atomic mass is 19.4. The number of amides is 1. The molecule has 0 spiro atoms. The average molecular weight is 180 g/mol. The maximum atomic E-state index is 11.6. The van der Waals surface area contributed by atoms with E-state index in [-0.39, 0.29) is 0 Å². The molecule has 0 aliphatic carbocycles. The van der Waals surface area contributed by atoms with Crippen LogP contribution in [0.3, 0.4) is 0 Å². The Labute approximate surface area is 67.4 Å². The lowest BCUT2D eigenvalue weighted by atomic mass is 10.4. The summed E-state index contributed by atoms with van der Waals surface area (Å²) in [6.45, 7) is -1.31. The van der Waals surface area contributed by atoms with E-state index in [9.17, 15) is 18.0 Å². The second-order valence-corrected chi connectivity index (χ2v) is 2.20. The number of nitriles is 1. The van der Waals surface area contributed by atoms with Crippen LogP contribution in [0.2, 0.25) is 0 Å². The Bertz CT molecular complexity index is 206. The molecular weight excluding hydrogens is 173 g/mol. The quantitative estimate of drug-likeness (QED) is 0.634. The number of carbonyl (C=O) groups is 1. The molecule has 0 saturated heterocycles. The molecule has 0 heterocycles. The van der Waals surface area contributed by atoms with Crippen LogP contribution in [0, 0.1) is 11.3 Å². The molecule has 6 heteroatoms. The fourth-order valence-electron chi connectivity index (χ4n) is 0.560. The molecule has 0 aliphatic heterocycles. The van der Waals surface area contributed by atoms with Crippen molar-refractivity contribution in [2.24, 2.45) is 0 Å². The number of nitrogens with zero attached hydrogens (tertiary/aromatic N) is 2. The van der Waals surface area contributed by atoms with Crippen molar-refractivity contribution < 1.29 is 18.0 Å². The van der Waals surface area contributed by atoms with Crippen LogP contribution < -0.4 is 0 Å². The topological polar surface area (TPSA) is 44.1 Å². The number of alkyl halides is 3. The fourth-order valence-corrected chi connectivity index (χ4v) is 0.560. The van der Waals surface area contributed by atoms with Crippen LogP contribution in [0.4, 0.5) is 13.2 Å². The van der Waals surface area contributed by atoms with E-state index < -0.39 is 25.0 Å². The smallest absolute Gasteiger partial charge is 0.336 e. The van der Waals surface area contributed by atoms with Crippen LogP contribution in [-0.4, -0.2) is 30.6 Å². The molecule has 0 N–H and O–H groups in total. The van der Waals surface area contributed by atoms with Gasteiger partial charge < -0.3 is 4.90 Å². The first kappa shape index (κ1) is 10.8. The van der Waals surface area contributed by atoms with E-state index in [1.807, 2.05) is 0 Å². The van der Waals surface area contributed by atoms with Gasteiger partial charge in [-0.25, -0.2) is 0 Å². The van der Waals surface area contributed by atoms with Gasteiger partial charge in [-0.1, -0.05) is 0 Å². The minimum atomic E-state index is -4.40. The Morgan fingerprint density at radius 3 is 2.42 bits per heavy atom. The van der Waals surface area contributed by atoms with Gasteiger partial charge >= 0.3 is 6.18 Å². The van der Waals surface area contributed by atoms with Crippen molar-refractivity contribution in [1.29, 1.82) is 5.26 Å². The fraction of sp³-hybridized carbons (Fsp3) is 0.667. The second-order valence-electron chi connectivity index (χ2n) is 2.20. The number of hydrogen-bond acceptors (Lipinski definition) is 2. The molecule has 68 valence electrons. The zero-order valence-corrected chi connectivity index (χ0v) is 6.35. The summed E-state index contributed by atoms with van der Waals surface area (Å²) in [4.78, 5) is 11.1. The minimum Gasteiger partial charge on any atom is -0.336 e. The van der Waals surface area contributed by atoms with Gasteiger partial charge in [-0.3, -0.25) is 4.79 Å². The van der Waals surface area contributed by atoms with Crippen molar-refractivity contribution in [3.05, 3.63) is 0 Å². The molecule has 0 aromatic heterocycles. The summed E-state index contributed by atoms with van der Waals surface area (Å²) >= 11 is 0. The predicted octanol–water partition coefficient (Wildman–Crippen LogP) is 0.921. The van der Waals surface area contributed by atoms with Crippen molar-refractivity contribution >= 4 is 5.91 Å². The predicted molar refractivity (Wildman–Crippen MR) is 33.9 cm³/mol. The summed E-state index contributed by atoms with van der Waals surface area (Å²) in [6.07, 6.45) is -4.92. The SMILES string of the molecule is CN(CC(F)(F)F)C(=O)CC#N. The first-order valence-corrected chi connectivity index (χ1v) is 3.04. The van der Waals surface area contributed by atoms with E-state index in [4.69, 9.17) is 5.26 Å². The maximum absolute atomic E-state index is 11.6. The van der Waals surface area contributed by atoms with Gasteiger partial charge in [0, 0.05) is 7.05 Å². The Morgan fingerprint density at radius 1 is 1.58 bits per heavy atom. The van der Waals surface area contributed by atoms with Crippen LogP contribution in [0.5, 0.6) is 0 Å². The van der Waals surface area contributed by atoms with Crippen molar-refractivity contribution in [2.45, 2.75) is 12.6 Å². The molecule has 0 unspecified atom stereocenters.